The Morgan fingerprint density at radius 2 is 1.42 bits per heavy atom. The summed E-state index contributed by atoms with van der Waals surface area (Å²) in [5.41, 5.74) is 10.5. The fourth-order valence-corrected chi connectivity index (χ4v) is 2.16. The highest BCUT2D eigenvalue weighted by atomic mass is 16.6. The average molecular weight is 360 g/mol. The number of nitrogens with two attached hydrogens (primary N) is 1. The Morgan fingerprint density at radius 3 is 1.88 bits per heavy atom. The number of nitro groups is 1. The SMILES string of the molecule is CCOCc1ccc(C)c(N)c1.CCOCc1ccc(C)c([N+](=O)[O-])c1. The van der Waals surface area contributed by atoms with Crippen LogP contribution in [-0.2, 0) is 22.7 Å². The lowest BCUT2D eigenvalue weighted by molar-refractivity contribution is -0.385. The van der Waals surface area contributed by atoms with Gasteiger partial charge in [-0.1, -0.05) is 24.3 Å². The van der Waals surface area contributed by atoms with Crippen LogP contribution in [0.3, 0.4) is 0 Å². The smallest absolute Gasteiger partial charge is 0.272 e. The van der Waals surface area contributed by atoms with E-state index >= 15 is 0 Å². The Labute approximate surface area is 155 Å². The van der Waals surface area contributed by atoms with Crippen molar-refractivity contribution >= 4 is 11.4 Å². The molecule has 0 saturated carbocycles. The molecule has 0 atom stereocenters. The molecule has 0 spiro atoms. The molecule has 142 valence electrons. The molecule has 0 aliphatic carbocycles. The average Bonchev–Trinajstić information content (AvgIpc) is 2.62. The zero-order valence-corrected chi connectivity index (χ0v) is 16.0. The Bertz CT molecular complexity index is 717. The predicted octanol–water partition coefficient (Wildman–Crippen LogP) is 4.55. The van der Waals surface area contributed by atoms with Gasteiger partial charge in [0.15, 0.2) is 0 Å². The van der Waals surface area contributed by atoms with Crippen LogP contribution in [0, 0.1) is 24.0 Å². The second-order valence-corrected chi connectivity index (χ2v) is 5.84. The van der Waals surface area contributed by atoms with Gasteiger partial charge in [0.05, 0.1) is 18.1 Å². The zero-order valence-electron chi connectivity index (χ0n) is 16.0. The quantitative estimate of drug-likeness (QED) is 0.444. The number of ether oxygens (including phenoxy) is 2. The fourth-order valence-electron chi connectivity index (χ4n) is 2.16. The van der Waals surface area contributed by atoms with Crippen molar-refractivity contribution in [2.45, 2.75) is 40.9 Å². The molecule has 0 aromatic heterocycles. The van der Waals surface area contributed by atoms with Crippen molar-refractivity contribution < 1.29 is 14.4 Å². The van der Waals surface area contributed by atoms with Gasteiger partial charge in [0, 0.05) is 30.5 Å². The molecule has 0 heterocycles. The van der Waals surface area contributed by atoms with Crippen molar-refractivity contribution in [1.29, 1.82) is 0 Å². The van der Waals surface area contributed by atoms with Gasteiger partial charge < -0.3 is 15.2 Å². The van der Waals surface area contributed by atoms with E-state index in [0.717, 1.165) is 29.0 Å². The van der Waals surface area contributed by atoms with Crippen molar-refractivity contribution in [1.82, 2.24) is 0 Å². The minimum atomic E-state index is -0.370. The minimum absolute atomic E-state index is 0.155. The fraction of sp³-hybridized carbons (Fsp3) is 0.400. The molecule has 0 saturated heterocycles. The van der Waals surface area contributed by atoms with Gasteiger partial charge >= 0.3 is 0 Å². The molecule has 0 radical (unpaired) electrons. The Kier molecular flexibility index (Phi) is 9.33. The number of nitrogens with zero attached hydrogens (tertiary/aromatic N) is 1. The molecular weight excluding hydrogens is 332 g/mol. The largest absolute Gasteiger partial charge is 0.399 e. The number of benzene rings is 2. The van der Waals surface area contributed by atoms with Crippen molar-refractivity contribution in [3.05, 3.63) is 68.8 Å². The maximum Gasteiger partial charge on any atom is 0.272 e. The summed E-state index contributed by atoms with van der Waals surface area (Å²) in [6.07, 6.45) is 0. The number of hydrogen-bond donors (Lipinski definition) is 1. The third-order valence-electron chi connectivity index (χ3n) is 3.76. The second kappa shape index (κ2) is 11.2. The molecule has 6 heteroatoms. The third-order valence-corrected chi connectivity index (χ3v) is 3.76. The van der Waals surface area contributed by atoms with Gasteiger partial charge in [0.2, 0.25) is 0 Å². The number of hydrogen-bond acceptors (Lipinski definition) is 5. The van der Waals surface area contributed by atoms with Crippen LogP contribution in [0.5, 0.6) is 0 Å². The molecule has 2 rings (SSSR count). The normalized spacial score (nSPS) is 10.2. The Balaban J connectivity index is 0.000000263. The Morgan fingerprint density at radius 1 is 0.923 bits per heavy atom. The van der Waals surface area contributed by atoms with Crippen LogP contribution in [0.2, 0.25) is 0 Å². The van der Waals surface area contributed by atoms with E-state index in [1.54, 1.807) is 19.1 Å². The van der Waals surface area contributed by atoms with E-state index in [-0.39, 0.29) is 10.6 Å². The monoisotopic (exact) mass is 360 g/mol. The van der Waals surface area contributed by atoms with Crippen molar-refractivity contribution in [2.24, 2.45) is 0 Å². The van der Waals surface area contributed by atoms with Gasteiger partial charge in [0.1, 0.15) is 0 Å². The maximum atomic E-state index is 10.6. The molecule has 2 aromatic rings. The number of rotatable bonds is 7. The van der Waals surface area contributed by atoms with Gasteiger partial charge in [0.25, 0.3) is 5.69 Å². The number of anilines is 1. The summed E-state index contributed by atoms with van der Waals surface area (Å²) >= 11 is 0. The first-order valence-corrected chi connectivity index (χ1v) is 8.63. The van der Waals surface area contributed by atoms with Crippen LogP contribution in [0.15, 0.2) is 36.4 Å². The highest BCUT2D eigenvalue weighted by Gasteiger charge is 2.10. The second-order valence-electron chi connectivity index (χ2n) is 5.84. The first-order chi connectivity index (χ1) is 12.4. The summed E-state index contributed by atoms with van der Waals surface area (Å²) in [6.45, 7) is 10.0. The molecule has 0 aliphatic heterocycles. The molecule has 0 bridgehead atoms. The van der Waals surface area contributed by atoms with Crippen LogP contribution >= 0.6 is 0 Å². The zero-order chi connectivity index (χ0) is 19.5. The summed E-state index contributed by atoms with van der Waals surface area (Å²) in [4.78, 5) is 10.2. The van der Waals surface area contributed by atoms with Gasteiger partial charge in [-0.15, -0.1) is 0 Å². The van der Waals surface area contributed by atoms with Gasteiger partial charge in [-0.3, -0.25) is 10.1 Å². The minimum Gasteiger partial charge on any atom is -0.399 e. The van der Waals surface area contributed by atoms with Gasteiger partial charge in [-0.2, -0.15) is 0 Å². The maximum absolute atomic E-state index is 10.6. The molecule has 0 amide bonds. The lowest BCUT2D eigenvalue weighted by Crippen LogP contribution is -1.96. The number of nitrogen functional groups attached to an aromatic ring is 1. The van der Waals surface area contributed by atoms with Crippen LogP contribution < -0.4 is 5.73 Å². The van der Waals surface area contributed by atoms with E-state index < -0.39 is 0 Å². The summed E-state index contributed by atoms with van der Waals surface area (Å²) in [5, 5.41) is 10.6. The molecule has 0 aliphatic rings. The summed E-state index contributed by atoms with van der Waals surface area (Å²) in [5.74, 6) is 0. The van der Waals surface area contributed by atoms with E-state index in [0.29, 0.717) is 25.4 Å². The molecule has 2 aromatic carbocycles. The van der Waals surface area contributed by atoms with E-state index in [1.807, 2.05) is 45.0 Å². The third kappa shape index (κ3) is 7.21. The molecule has 6 nitrogen and oxygen atoms in total. The molecular formula is C20H28N2O4. The van der Waals surface area contributed by atoms with E-state index in [2.05, 4.69) is 0 Å². The van der Waals surface area contributed by atoms with Crippen molar-refractivity contribution in [3.63, 3.8) is 0 Å². The standard InChI is InChI=1S/C10H13NO3.C10H15NO/c1-3-14-7-9-5-4-8(2)10(6-9)11(12)13;1-3-12-7-9-5-4-8(2)10(11)6-9/h4-6H,3,7H2,1-2H3;4-6H,3,7,11H2,1-2H3. The lowest BCUT2D eigenvalue weighted by Gasteiger charge is -2.04. The number of nitro benzene ring substituents is 1. The molecule has 0 unspecified atom stereocenters. The van der Waals surface area contributed by atoms with Crippen LogP contribution in [-0.4, -0.2) is 18.1 Å². The van der Waals surface area contributed by atoms with E-state index in [9.17, 15) is 10.1 Å². The van der Waals surface area contributed by atoms with E-state index in [1.165, 1.54) is 0 Å². The topological polar surface area (TPSA) is 87.6 Å². The van der Waals surface area contributed by atoms with Crippen LogP contribution in [0.4, 0.5) is 11.4 Å². The van der Waals surface area contributed by atoms with E-state index in [4.69, 9.17) is 15.2 Å². The van der Waals surface area contributed by atoms with Crippen molar-refractivity contribution in [2.75, 3.05) is 18.9 Å². The predicted molar refractivity (Wildman–Crippen MR) is 104 cm³/mol. The van der Waals surface area contributed by atoms with Gasteiger partial charge in [-0.05, 0) is 50.5 Å². The molecule has 26 heavy (non-hydrogen) atoms. The first kappa shape index (κ1) is 21.6. The van der Waals surface area contributed by atoms with Crippen LogP contribution in [0.1, 0.15) is 36.1 Å². The van der Waals surface area contributed by atoms with Crippen LogP contribution in [0.25, 0.3) is 0 Å². The first-order valence-electron chi connectivity index (χ1n) is 8.63. The lowest BCUT2D eigenvalue weighted by atomic mass is 10.1. The molecule has 2 N–H and O–H groups in total. The summed E-state index contributed by atoms with van der Waals surface area (Å²) in [7, 11) is 0. The summed E-state index contributed by atoms with van der Waals surface area (Å²) < 4.78 is 10.4. The highest BCUT2D eigenvalue weighted by Crippen LogP contribution is 2.19. The van der Waals surface area contributed by atoms with Gasteiger partial charge in [-0.25, -0.2) is 0 Å². The Hall–Kier alpha value is -2.44. The summed E-state index contributed by atoms with van der Waals surface area (Å²) in [6, 6.07) is 11.2. The van der Waals surface area contributed by atoms with Crippen molar-refractivity contribution in [3.8, 4) is 0 Å². The molecule has 0 fully saturated rings. The highest BCUT2D eigenvalue weighted by molar-refractivity contribution is 5.48. The number of aryl methyl sites for hydroxylation is 2.